The van der Waals surface area contributed by atoms with Gasteiger partial charge in [-0.05, 0) is 61.9 Å². The van der Waals surface area contributed by atoms with Crippen molar-refractivity contribution in [2.45, 2.75) is 25.0 Å². The number of ketones is 2. The van der Waals surface area contributed by atoms with E-state index in [9.17, 15) is 9.59 Å². The topological polar surface area (TPSA) is 64.6 Å². The van der Waals surface area contributed by atoms with Crippen LogP contribution in [0.5, 0.6) is 11.5 Å². The van der Waals surface area contributed by atoms with Crippen molar-refractivity contribution in [3.8, 4) is 11.5 Å². The highest BCUT2D eigenvalue weighted by atomic mass is 16.5. The fourth-order valence-electron chi connectivity index (χ4n) is 5.33. The number of anilines is 1. The quantitative estimate of drug-likeness (QED) is 0.310. The molecule has 1 atom stereocenters. The predicted molar refractivity (Wildman–Crippen MR) is 148 cm³/mol. The molecule has 38 heavy (non-hydrogen) atoms. The summed E-state index contributed by atoms with van der Waals surface area (Å²) >= 11 is 0. The molecule has 5 heteroatoms. The van der Waals surface area contributed by atoms with Gasteiger partial charge >= 0.3 is 0 Å². The van der Waals surface area contributed by atoms with Crippen LogP contribution in [0.3, 0.4) is 0 Å². The van der Waals surface area contributed by atoms with E-state index in [0.29, 0.717) is 33.8 Å². The highest BCUT2D eigenvalue weighted by Crippen LogP contribution is 2.53. The van der Waals surface area contributed by atoms with E-state index < -0.39 is 11.1 Å². The molecule has 6 rings (SSSR count). The molecule has 0 saturated carbocycles. The summed E-state index contributed by atoms with van der Waals surface area (Å²) in [4.78, 5) is 26.3. The van der Waals surface area contributed by atoms with E-state index in [-0.39, 0.29) is 11.6 Å². The van der Waals surface area contributed by atoms with Crippen LogP contribution in [-0.2, 0) is 5.41 Å². The van der Waals surface area contributed by atoms with Crippen LogP contribution in [0, 0.1) is 0 Å². The molecule has 0 aliphatic carbocycles. The molecule has 4 aromatic rings. The molecule has 0 saturated heterocycles. The van der Waals surface area contributed by atoms with Crippen LogP contribution in [0.4, 0.5) is 5.69 Å². The number of nitrogens with one attached hydrogen (secondary N) is 1. The van der Waals surface area contributed by atoms with E-state index in [1.165, 1.54) is 0 Å². The van der Waals surface area contributed by atoms with Gasteiger partial charge in [0, 0.05) is 33.5 Å². The second kappa shape index (κ2) is 8.73. The summed E-state index contributed by atoms with van der Waals surface area (Å²) in [6.45, 7) is 4.19. The van der Waals surface area contributed by atoms with Gasteiger partial charge in [0.25, 0.3) is 0 Å². The van der Waals surface area contributed by atoms with Crippen LogP contribution >= 0.6 is 0 Å². The smallest absolute Gasteiger partial charge is 0.209 e. The van der Waals surface area contributed by atoms with Gasteiger partial charge in [-0.25, -0.2) is 0 Å². The number of methoxy groups -OCH3 is 1. The minimum Gasteiger partial charge on any atom is -0.493 e. The summed E-state index contributed by atoms with van der Waals surface area (Å²) in [6, 6.07) is 27.8. The number of hydrogen-bond acceptors (Lipinski definition) is 5. The highest BCUT2D eigenvalue weighted by molar-refractivity contribution is 6.10. The summed E-state index contributed by atoms with van der Waals surface area (Å²) in [6.07, 6.45) is 3.96. The molecular formula is C33H27NO4. The molecule has 4 aromatic carbocycles. The first kappa shape index (κ1) is 23.7. The maximum absolute atomic E-state index is 13.2. The maximum Gasteiger partial charge on any atom is 0.209 e. The van der Waals surface area contributed by atoms with Crippen molar-refractivity contribution in [3.63, 3.8) is 0 Å². The van der Waals surface area contributed by atoms with Crippen molar-refractivity contribution >= 4 is 23.3 Å². The van der Waals surface area contributed by atoms with Crippen LogP contribution in [0.15, 0.2) is 97.1 Å². The zero-order valence-corrected chi connectivity index (χ0v) is 21.4. The lowest BCUT2D eigenvalue weighted by atomic mass is 9.76. The fourth-order valence-corrected chi connectivity index (χ4v) is 5.33. The first-order chi connectivity index (χ1) is 18.3. The van der Waals surface area contributed by atoms with Gasteiger partial charge in [-0.3, -0.25) is 9.59 Å². The number of carbonyl (C=O) groups excluding carboxylic acids is 2. The molecule has 1 N–H and O–H groups in total. The van der Waals surface area contributed by atoms with Crippen LogP contribution in [0.1, 0.15) is 56.8 Å². The first-order valence-corrected chi connectivity index (χ1v) is 12.6. The predicted octanol–water partition coefficient (Wildman–Crippen LogP) is 6.66. The third-order valence-corrected chi connectivity index (χ3v) is 7.60. The molecule has 0 amide bonds. The highest BCUT2D eigenvalue weighted by Gasteiger charge is 2.54. The van der Waals surface area contributed by atoms with E-state index in [2.05, 4.69) is 19.2 Å². The summed E-state index contributed by atoms with van der Waals surface area (Å²) < 4.78 is 12.4. The minimum atomic E-state index is -0.908. The van der Waals surface area contributed by atoms with Gasteiger partial charge < -0.3 is 14.8 Å². The number of rotatable bonds is 5. The minimum absolute atomic E-state index is 0.0205. The maximum atomic E-state index is 13.2. The molecular weight excluding hydrogens is 474 g/mol. The van der Waals surface area contributed by atoms with Crippen molar-refractivity contribution in [1.29, 1.82) is 0 Å². The van der Waals surface area contributed by atoms with Gasteiger partial charge in [-0.1, -0.05) is 60.7 Å². The average molecular weight is 502 g/mol. The monoisotopic (exact) mass is 501 g/mol. The van der Waals surface area contributed by atoms with Gasteiger partial charge in [0.15, 0.2) is 23.1 Å². The zero-order chi connectivity index (χ0) is 26.5. The largest absolute Gasteiger partial charge is 0.493 e. The Labute approximate surface area is 221 Å². The number of fused-ring (bicyclic) bond motifs is 2. The van der Waals surface area contributed by atoms with Crippen molar-refractivity contribution in [2.24, 2.45) is 0 Å². The number of carbonyl (C=O) groups is 2. The van der Waals surface area contributed by atoms with Gasteiger partial charge in [0.05, 0.1) is 12.5 Å². The Morgan fingerprint density at radius 1 is 0.763 bits per heavy atom. The number of benzene rings is 4. The van der Waals surface area contributed by atoms with Crippen LogP contribution in [-0.4, -0.2) is 24.4 Å². The van der Waals surface area contributed by atoms with Crippen molar-refractivity contribution in [3.05, 3.63) is 130 Å². The summed E-state index contributed by atoms with van der Waals surface area (Å²) in [5.41, 5.74) is 3.64. The van der Waals surface area contributed by atoms with Crippen LogP contribution in [0.2, 0.25) is 0 Å². The van der Waals surface area contributed by atoms with E-state index in [0.717, 1.165) is 16.8 Å². The lowest BCUT2D eigenvalue weighted by molar-refractivity contribution is 0.0787. The van der Waals surface area contributed by atoms with E-state index in [1.807, 2.05) is 84.9 Å². The number of hydrogen-bond donors (Lipinski definition) is 1. The van der Waals surface area contributed by atoms with Crippen molar-refractivity contribution < 1.29 is 19.1 Å². The zero-order valence-electron chi connectivity index (χ0n) is 21.4. The van der Waals surface area contributed by atoms with Gasteiger partial charge in [-0.2, -0.15) is 0 Å². The second-order valence-corrected chi connectivity index (χ2v) is 10.2. The molecule has 0 bridgehead atoms. The van der Waals surface area contributed by atoms with Gasteiger partial charge in [-0.15, -0.1) is 0 Å². The molecule has 188 valence electrons. The molecule has 1 unspecified atom stereocenters. The van der Waals surface area contributed by atoms with Crippen molar-refractivity contribution in [1.82, 2.24) is 0 Å². The molecule has 2 heterocycles. The fraction of sp³-hybridized carbons (Fsp3) is 0.152. The van der Waals surface area contributed by atoms with Crippen molar-refractivity contribution in [2.75, 3.05) is 12.4 Å². The Balaban J connectivity index is 1.36. The molecule has 1 spiro atoms. The second-order valence-electron chi connectivity index (χ2n) is 10.2. The third kappa shape index (κ3) is 3.62. The van der Waals surface area contributed by atoms with E-state index in [1.54, 1.807) is 25.3 Å². The first-order valence-electron chi connectivity index (χ1n) is 12.6. The third-order valence-electron chi connectivity index (χ3n) is 7.60. The van der Waals surface area contributed by atoms with Crippen LogP contribution in [0.25, 0.3) is 6.08 Å². The summed E-state index contributed by atoms with van der Waals surface area (Å²) in [7, 11) is 1.57. The summed E-state index contributed by atoms with van der Waals surface area (Å²) in [5.74, 6) is 0.947. The SMILES string of the molecule is COc1cc(C(=O)c2ccccc2)cc2c1OC1(C=C2)Nc2ccc(C(=O)c3ccccc3)cc2C1(C)C. The Kier molecular flexibility index (Phi) is 5.46. The Bertz CT molecular complexity index is 1610. The Hall–Kier alpha value is -4.64. The summed E-state index contributed by atoms with van der Waals surface area (Å²) in [5, 5.41) is 3.56. The Morgan fingerprint density at radius 3 is 2.03 bits per heavy atom. The van der Waals surface area contributed by atoms with Crippen LogP contribution < -0.4 is 14.8 Å². The van der Waals surface area contributed by atoms with Gasteiger partial charge in [0.2, 0.25) is 5.72 Å². The standard InChI is InChI=1S/C33H27NO4/c1-32(2)26-19-23(29(35)21-10-6-4-7-11-21)14-15-27(26)34-33(32)17-16-24-18-25(20-28(37-3)31(24)38-33)30(36)22-12-8-5-9-13-22/h4-20,34H,1-3H3. The van der Waals surface area contributed by atoms with E-state index >= 15 is 0 Å². The lowest BCUT2D eigenvalue weighted by Gasteiger charge is -2.42. The number of ether oxygens (including phenoxy) is 2. The molecule has 2 aliphatic rings. The molecule has 0 fully saturated rings. The molecule has 2 aliphatic heterocycles. The average Bonchev–Trinajstić information content (AvgIpc) is 3.17. The molecule has 0 aromatic heterocycles. The van der Waals surface area contributed by atoms with E-state index in [4.69, 9.17) is 9.47 Å². The Morgan fingerprint density at radius 2 is 1.39 bits per heavy atom. The lowest BCUT2D eigenvalue weighted by Crippen LogP contribution is -2.53. The normalized spacial score (nSPS) is 18.2. The molecule has 0 radical (unpaired) electrons. The molecule has 5 nitrogen and oxygen atoms in total. The van der Waals surface area contributed by atoms with Gasteiger partial charge in [0.1, 0.15) is 0 Å².